The Kier molecular flexibility index (Phi) is 5.18. The SMILES string of the molecule is NCC#CCN(Cc1nccc2c1[nH]c1ccccc12)[C@H]1CCCc2cccnc21. The fraction of sp³-hybridized carbons (Fsp3) is 0.280. The van der Waals surface area contributed by atoms with Crippen molar-refractivity contribution in [3.63, 3.8) is 0 Å². The van der Waals surface area contributed by atoms with Gasteiger partial charge < -0.3 is 10.7 Å². The van der Waals surface area contributed by atoms with E-state index in [1.54, 1.807) is 0 Å². The molecule has 1 aliphatic rings. The van der Waals surface area contributed by atoms with Gasteiger partial charge in [0.15, 0.2) is 0 Å². The van der Waals surface area contributed by atoms with Crippen LogP contribution >= 0.6 is 0 Å². The number of hydrogen-bond acceptors (Lipinski definition) is 4. The standard InChI is InChI=1S/C25H25N5/c26-13-3-4-16-30(23-11-5-7-18-8-6-14-28-24(18)23)17-22-25-20(12-15-27-22)19-9-1-2-10-21(19)29-25/h1-2,6,8-10,12,14-15,23,29H,5,7,11,13,16-17,26H2/t23-/m0/s1. The Labute approximate surface area is 176 Å². The first-order valence-electron chi connectivity index (χ1n) is 10.5. The number of pyridine rings is 2. The molecule has 0 bridgehead atoms. The molecule has 0 amide bonds. The quantitative estimate of drug-likeness (QED) is 0.513. The minimum atomic E-state index is 0.239. The summed E-state index contributed by atoms with van der Waals surface area (Å²) in [5.74, 6) is 6.27. The predicted molar refractivity (Wildman–Crippen MR) is 121 cm³/mol. The normalized spacial score (nSPS) is 15.9. The monoisotopic (exact) mass is 395 g/mol. The lowest BCUT2D eigenvalue weighted by atomic mass is 9.90. The fourth-order valence-electron chi connectivity index (χ4n) is 4.59. The summed E-state index contributed by atoms with van der Waals surface area (Å²) < 4.78 is 0. The van der Waals surface area contributed by atoms with Gasteiger partial charge in [0.25, 0.3) is 0 Å². The fourth-order valence-corrected chi connectivity index (χ4v) is 4.59. The Balaban J connectivity index is 1.55. The van der Waals surface area contributed by atoms with Gasteiger partial charge in [-0.3, -0.25) is 14.9 Å². The summed E-state index contributed by atoms with van der Waals surface area (Å²) in [7, 11) is 0. The molecule has 0 radical (unpaired) electrons. The van der Waals surface area contributed by atoms with Crippen LogP contribution in [0.25, 0.3) is 21.8 Å². The van der Waals surface area contributed by atoms with E-state index in [4.69, 9.17) is 15.7 Å². The molecular weight excluding hydrogens is 370 g/mol. The van der Waals surface area contributed by atoms with E-state index in [-0.39, 0.29) is 6.04 Å². The molecule has 0 fully saturated rings. The Bertz CT molecular complexity index is 1250. The van der Waals surface area contributed by atoms with E-state index >= 15 is 0 Å². The topological polar surface area (TPSA) is 70.8 Å². The number of aryl methyl sites for hydroxylation is 1. The summed E-state index contributed by atoms with van der Waals surface area (Å²) in [6.45, 7) is 1.74. The zero-order chi connectivity index (χ0) is 20.3. The highest BCUT2D eigenvalue weighted by molar-refractivity contribution is 6.07. The Morgan fingerprint density at radius 3 is 2.90 bits per heavy atom. The third kappa shape index (κ3) is 3.45. The molecule has 3 heterocycles. The van der Waals surface area contributed by atoms with Crippen molar-refractivity contribution < 1.29 is 0 Å². The van der Waals surface area contributed by atoms with E-state index in [0.29, 0.717) is 19.6 Å². The highest BCUT2D eigenvalue weighted by Gasteiger charge is 2.27. The molecule has 3 aromatic heterocycles. The maximum absolute atomic E-state index is 5.62. The first kappa shape index (κ1) is 18.8. The number of nitrogens with one attached hydrogen (secondary N) is 1. The summed E-state index contributed by atoms with van der Waals surface area (Å²) in [5, 5.41) is 2.45. The van der Waals surface area contributed by atoms with E-state index in [9.17, 15) is 0 Å². The number of rotatable bonds is 4. The molecule has 0 unspecified atom stereocenters. The van der Waals surface area contributed by atoms with E-state index in [1.165, 1.54) is 22.0 Å². The Morgan fingerprint density at radius 2 is 1.97 bits per heavy atom. The van der Waals surface area contributed by atoms with E-state index in [2.05, 4.69) is 58.1 Å². The van der Waals surface area contributed by atoms with Crippen LogP contribution < -0.4 is 5.73 Å². The predicted octanol–water partition coefficient (Wildman–Crippen LogP) is 3.95. The molecule has 1 aromatic carbocycles. The number of nitrogens with zero attached hydrogens (tertiary/aromatic N) is 3. The largest absolute Gasteiger partial charge is 0.353 e. The molecule has 1 aliphatic carbocycles. The number of benzene rings is 1. The van der Waals surface area contributed by atoms with Gasteiger partial charge in [0.2, 0.25) is 0 Å². The molecule has 5 heteroatoms. The van der Waals surface area contributed by atoms with Crippen LogP contribution in [0, 0.1) is 11.8 Å². The van der Waals surface area contributed by atoms with Crippen molar-refractivity contribution in [3.8, 4) is 11.8 Å². The molecule has 5 rings (SSSR count). The Hall–Kier alpha value is -3.20. The number of para-hydroxylation sites is 1. The number of aromatic amines is 1. The van der Waals surface area contributed by atoms with E-state index < -0.39 is 0 Å². The van der Waals surface area contributed by atoms with Crippen molar-refractivity contribution >= 4 is 21.8 Å². The van der Waals surface area contributed by atoms with Gasteiger partial charge in [-0.25, -0.2) is 0 Å². The first-order chi connectivity index (χ1) is 14.8. The van der Waals surface area contributed by atoms with Crippen LogP contribution in [-0.4, -0.2) is 32.9 Å². The van der Waals surface area contributed by atoms with Gasteiger partial charge >= 0.3 is 0 Å². The molecule has 0 saturated carbocycles. The molecule has 1 atom stereocenters. The summed E-state index contributed by atoms with van der Waals surface area (Å²) in [4.78, 5) is 15.5. The van der Waals surface area contributed by atoms with Crippen LogP contribution in [0.2, 0.25) is 0 Å². The van der Waals surface area contributed by atoms with Crippen LogP contribution in [0.15, 0.2) is 54.9 Å². The van der Waals surface area contributed by atoms with Crippen LogP contribution in [0.4, 0.5) is 0 Å². The smallest absolute Gasteiger partial charge is 0.0785 e. The summed E-state index contributed by atoms with van der Waals surface area (Å²) in [5.41, 5.74) is 11.4. The molecule has 0 aliphatic heterocycles. The molecular formula is C25H25N5. The van der Waals surface area contributed by atoms with Crippen LogP contribution in [0.3, 0.4) is 0 Å². The first-order valence-corrected chi connectivity index (χ1v) is 10.5. The number of nitrogens with two attached hydrogens (primary N) is 1. The third-order valence-corrected chi connectivity index (χ3v) is 5.97. The van der Waals surface area contributed by atoms with Crippen LogP contribution in [0.5, 0.6) is 0 Å². The van der Waals surface area contributed by atoms with Gasteiger partial charge in [-0.1, -0.05) is 36.1 Å². The van der Waals surface area contributed by atoms with Gasteiger partial charge in [-0.05, 0) is 43.0 Å². The number of fused-ring (bicyclic) bond motifs is 4. The molecule has 5 nitrogen and oxygen atoms in total. The van der Waals surface area contributed by atoms with Crippen LogP contribution in [0.1, 0.15) is 35.8 Å². The number of aromatic nitrogens is 3. The van der Waals surface area contributed by atoms with Crippen molar-refractivity contribution in [3.05, 3.63) is 71.8 Å². The molecule has 150 valence electrons. The Morgan fingerprint density at radius 1 is 1.03 bits per heavy atom. The van der Waals surface area contributed by atoms with Crippen LogP contribution in [-0.2, 0) is 13.0 Å². The van der Waals surface area contributed by atoms with Gasteiger partial charge in [0.1, 0.15) is 0 Å². The lowest BCUT2D eigenvalue weighted by molar-refractivity contribution is 0.187. The molecule has 30 heavy (non-hydrogen) atoms. The number of hydrogen-bond donors (Lipinski definition) is 2. The minimum absolute atomic E-state index is 0.239. The second-order valence-electron chi connectivity index (χ2n) is 7.77. The van der Waals surface area contributed by atoms with Crippen molar-refractivity contribution in [1.29, 1.82) is 0 Å². The maximum atomic E-state index is 5.62. The average molecular weight is 396 g/mol. The zero-order valence-electron chi connectivity index (χ0n) is 16.9. The van der Waals surface area contributed by atoms with Gasteiger partial charge in [-0.2, -0.15) is 0 Å². The second kappa shape index (κ2) is 8.27. The average Bonchev–Trinajstić information content (AvgIpc) is 3.18. The summed E-state index contributed by atoms with van der Waals surface area (Å²) in [6, 6.07) is 15.0. The summed E-state index contributed by atoms with van der Waals surface area (Å²) in [6.07, 6.45) is 7.15. The third-order valence-electron chi connectivity index (χ3n) is 5.97. The zero-order valence-corrected chi connectivity index (χ0v) is 16.9. The van der Waals surface area contributed by atoms with Crippen molar-refractivity contribution in [1.82, 2.24) is 19.9 Å². The lowest BCUT2D eigenvalue weighted by Gasteiger charge is -2.33. The van der Waals surface area contributed by atoms with Gasteiger partial charge in [0, 0.05) is 35.2 Å². The van der Waals surface area contributed by atoms with Crippen molar-refractivity contribution in [2.24, 2.45) is 5.73 Å². The number of H-pyrrole nitrogens is 1. The second-order valence-corrected chi connectivity index (χ2v) is 7.77. The highest BCUT2D eigenvalue weighted by Crippen LogP contribution is 2.34. The molecule has 4 aromatic rings. The van der Waals surface area contributed by atoms with Crippen molar-refractivity contribution in [2.75, 3.05) is 13.1 Å². The lowest BCUT2D eigenvalue weighted by Crippen LogP contribution is -2.32. The summed E-state index contributed by atoms with van der Waals surface area (Å²) >= 11 is 0. The maximum Gasteiger partial charge on any atom is 0.0785 e. The molecule has 3 N–H and O–H groups in total. The van der Waals surface area contributed by atoms with Gasteiger partial charge in [-0.15, -0.1) is 0 Å². The van der Waals surface area contributed by atoms with E-state index in [0.717, 1.165) is 36.0 Å². The van der Waals surface area contributed by atoms with Gasteiger partial charge in [0.05, 0.1) is 36.0 Å². The van der Waals surface area contributed by atoms with E-state index in [1.807, 2.05) is 18.5 Å². The van der Waals surface area contributed by atoms with Crippen molar-refractivity contribution in [2.45, 2.75) is 31.8 Å². The molecule has 0 saturated heterocycles. The minimum Gasteiger partial charge on any atom is -0.353 e. The highest BCUT2D eigenvalue weighted by atomic mass is 15.2. The molecule has 0 spiro atoms.